The third kappa shape index (κ3) is 4.57. The summed E-state index contributed by atoms with van der Waals surface area (Å²) in [5.74, 6) is 0.0442. The zero-order valence-corrected chi connectivity index (χ0v) is 10.7. The van der Waals surface area contributed by atoms with Gasteiger partial charge in [-0.3, -0.25) is 4.79 Å². The van der Waals surface area contributed by atoms with Crippen LogP contribution in [0.1, 0.15) is 25.3 Å². The lowest BCUT2D eigenvalue weighted by molar-refractivity contribution is -0.131. The highest BCUT2D eigenvalue weighted by Crippen LogP contribution is 2.05. The summed E-state index contributed by atoms with van der Waals surface area (Å²) in [7, 11) is 1.81. The highest BCUT2D eigenvalue weighted by atomic mass is 16.2. The maximum Gasteiger partial charge on any atom is 0.239 e. The zero-order chi connectivity index (χ0) is 12.7. The number of rotatable bonds is 6. The summed E-state index contributed by atoms with van der Waals surface area (Å²) >= 11 is 0. The number of carbonyl (C=O) groups is 1. The quantitative estimate of drug-likeness (QED) is 0.816. The van der Waals surface area contributed by atoms with Crippen molar-refractivity contribution in [2.75, 3.05) is 13.6 Å². The molecule has 1 aromatic carbocycles. The van der Waals surface area contributed by atoms with Crippen LogP contribution < -0.4 is 5.73 Å². The Balaban J connectivity index is 2.39. The summed E-state index contributed by atoms with van der Waals surface area (Å²) in [6.45, 7) is 2.83. The van der Waals surface area contributed by atoms with Crippen LogP contribution in [0.25, 0.3) is 0 Å². The molecule has 0 aliphatic carbocycles. The third-order valence-electron chi connectivity index (χ3n) is 2.84. The number of nitrogens with two attached hydrogens (primary N) is 1. The van der Waals surface area contributed by atoms with Gasteiger partial charge in [-0.05, 0) is 24.8 Å². The first-order chi connectivity index (χ1) is 8.15. The molecule has 0 aliphatic heterocycles. The van der Waals surface area contributed by atoms with E-state index in [0.717, 1.165) is 19.4 Å². The Morgan fingerprint density at radius 3 is 2.59 bits per heavy atom. The molecule has 0 saturated heterocycles. The summed E-state index contributed by atoms with van der Waals surface area (Å²) in [5.41, 5.74) is 7.14. The molecule has 1 amide bonds. The Hall–Kier alpha value is -1.35. The molecule has 3 heteroatoms. The number of likely N-dealkylation sites (N-methyl/N-ethyl adjacent to an activating group) is 1. The van der Waals surface area contributed by atoms with Crippen LogP contribution in [0.2, 0.25) is 0 Å². The van der Waals surface area contributed by atoms with Crippen molar-refractivity contribution in [1.82, 2.24) is 4.90 Å². The van der Waals surface area contributed by atoms with Gasteiger partial charge in [0.25, 0.3) is 0 Å². The minimum Gasteiger partial charge on any atom is -0.344 e. The van der Waals surface area contributed by atoms with E-state index < -0.39 is 0 Å². The number of benzene rings is 1. The Morgan fingerprint density at radius 1 is 1.35 bits per heavy atom. The maximum absolute atomic E-state index is 11.9. The summed E-state index contributed by atoms with van der Waals surface area (Å²) in [6, 6.07) is 9.74. The predicted molar refractivity (Wildman–Crippen MR) is 70.7 cm³/mol. The first-order valence-corrected chi connectivity index (χ1v) is 6.19. The number of hydrogen-bond acceptors (Lipinski definition) is 2. The second-order valence-corrected chi connectivity index (χ2v) is 4.39. The molecule has 0 radical (unpaired) electrons. The first-order valence-electron chi connectivity index (χ1n) is 6.19. The van der Waals surface area contributed by atoms with E-state index in [9.17, 15) is 4.79 Å². The lowest BCUT2D eigenvalue weighted by atomic mass is 10.1. The van der Waals surface area contributed by atoms with Gasteiger partial charge in [-0.15, -0.1) is 0 Å². The van der Waals surface area contributed by atoms with Crippen LogP contribution in [0.5, 0.6) is 0 Å². The van der Waals surface area contributed by atoms with Gasteiger partial charge < -0.3 is 10.6 Å². The molecule has 0 aromatic heterocycles. The van der Waals surface area contributed by atoms with Gasteiger partial charge in [-0.25, -0.2) is 0 Å². The average molecular weight is 234 g/mol. The molecule has 1 aromatic rings. The molecule has 3 nitrogen and oxygen atoms in total. The van der Waals surface area contributed by atoms with Gasteiger partial charge >= 0.3 is 0 Å². The fourth-order valence-corrected chi connectivity index (χ4v) is 1.82. The van der Waals surface area contributed by atoms with Gasteiger partial charge in [-0.1, -0.05) is 37.3 Å². The van der Waals surface area contributed by atoms with Crippen molar-refractivity contribution in [2.24, 2.45) is 5.73 Å². The van der Waals surface area contributed by atoms with Crippen LogP contribution in [0.3, 0.4) is 0 Å². The molecule has 1 rings (SSSR count). The van der Waals surface area contributed by atoms with Crippen molar-refractivity contribution in [3.63, 3.8) is 0 Å². The minimum atomic E-state index is -0.383. The number of nitrogens with zero attached hydrogens (tertiary/aromatic N) is 1. The topological polar surface area (TPSA) is 46.3 Å². The van der Waals surface area contributed by atoms with Crippen molar-refractivity contribution < 1.29 is 4.79 Å². The summed E-state index contributed by atoms with van der Waals surface area (Å²) in [5, 5.41) is 0. The molecule has 0 aliphatic rings. The summed E-state index contributed by atoms with van der Waals surface area (Å²) in [6.07, 6.45) is 2.53. The molecule has 1 atom stereocenters. The molecule has 94 valence electrons. The maximum atomic E-state index is 11.9. The van der Waals surface area contributed by atoms with Gasteiger partial charge in [-0.2, -0.15) is 0 Å². The standard InChI is InChI=1S/C14H22N2O/c1-3-11-16(2)14(17)13(15)10-9-12-7-5-4-6-8-12/h4-8,13H,3,9-11,15H2,1-2H3/t13-/m0/s1. The normalized spacial score (nSPS) is 12.2. The Bertz CT molecular complexity index is 337. The Morgan fingerprint density at radius 2 is 2.00 bits per heavy atom. The van der Waals surface area contributed by atoms with E-state index >= 15 is 0 Å². The fraction of sp³-hybridized carbons (Fsp3) is 0.500. The van der Waals surface area contributed by atoms with Crippen molar-refractivity contribution in [1.29, 1.82) is 0 Å². The molecule has 17 heavy (non-hydrogen) atoms. The molecule has 0 unspecified atom stereocenters. The number of hydrogen-bond donors (Lipinski definition) is 1. The van der Waals surface area contributed by atoms with Crippen molar-refractivity contribution >= 4 is 5.91 Å². The van der Waals surface area contributed by atoms with E-state index in [1.807, 2.05) is 25.2 Å². The van der Waals surface area contributed by atoms with E-state index in [1.54, 1.807) is 4.90 Å². The molecule has 0 saturated carbocycles. The molecule has 2 N–H and O–H groups in total. The highest BCUT2D eigenvalue weighted by molar-refractivity contribution is 5.81. The third-order valence-corrected chi connectivity index (χ3v) is 2.84. The molecular formula is C14H22N2O. The lowest BCUT2D eigenvalue weighted by Gasteiger charge is -2.20. The van der Waals surface area contributed by atoms with E-state index in [2.05, 4.69) is 19.1 Å². The van der Waals surface area contributed by atoms with Gasteiger partial charge in [0.15, 0.2) is 0 Å². The van der Waals surface area contributed by atoms with E-state index in [0.29, 0.717) is 6.42 Å². The van der Waals surface area contributed by atoms with Crippen molar-refractivity contribution in [3.8, 4) is 0 Å². The number of carbonyl (C=O) groups excluding carboxylic acids is 1. The lowest BCUT2D eigenvalue weighted by Crippen LogP contribution is -2.42. The first kappa shape index (κ1) is 13.7. The minimum absolute atomic E-state index is 0.0442. The molecule has 0 heterocycles. The van der Waals surface area contributed by atoms with Crippen LogP contribution in [0, 0.1) is 0 Å². The average Bonchev–Trinajstić information content (AvgIpc) is 2.36. The summed E-state index contributed by atoms with van der Waals surface area (Å²) < 4.78 is 0. The number of amides is 1. The predicted octanol–water partition coefficient (Wildman–Crippen LogP) is 1.81. The van der Waals surface area contributed by atoms with Gasteiger partial charge in [0.2, 0.25) is 5.91 Å². The largest absolute Gasteiger partial charge is 0.344 e. The Kier molecular flexibility index (Phi) is 5.70. The van der Waals surface area contributed by atoms with Crippen LogP contribution >= 0.6 is 0 Å². The van der Waals surface area contributed by atoms with Crippen LogP contribution in [0.4, 0.5) is 0 Å². The van der Waals surface area contributed by atoms with E-state index in [1.165, 1.54) is 5.56 Å². The molecule has 0 bridgehead atoms. The molecule has 0 spiro atoms. The fourth-order valence-electron chi connectivity index (χ4n) is 1.82. The Labute approximate surface area is 104 Å². The molecular weight excluding hydrogens is 212 g/mol. The van der Waals surface area contributed by atoms with E-state index in [4.69, 9.17) is 5.73 Å². The smallest absolute Gasteiger partial charge is 0.239 e. The van der Waals surface area contributed by atoms with Crippen molar-refractivity contribution in [2.45, 2.75) is 32.2 Å². The zero-order valence-electron chi connectivity index (χ0n) is 10.7. The van der Waals surface area contributed by atoms with Crippen LogP contribution in [-0.4, -0.2) is 30.4 Å². The van der Waals surface area contributed by atoms with Gasteiger partial charge in [0.1, 0.15) is 0 Å². The van der Waals surface area contributed by atoms with Gasteiger partial charge in [0, 0.05) is 13.6 Å². The van der Waals surface area contributed by atoms with E-state index in [-0.39, 0.29) is 11.9 Å². The highest BCUT2D eigenvalue weighted by Gasteiger charge is 2.16. The molecule has 0 fully saturated rings. The second-order valence-electron chi connectivity index (χ2n) is 4.39. The van der Waals surface area contributed by atoms with Crippen molar-refractivity contribution in [3.05, 3.63) is 35.9 Å². The van der Waals surface area contributed by atoms with Crippen LogP contribution in [-0.2, 0) is 11.2 Å². The summed E-state index contributed by atoms with van der Waals surface area (Å²) in [4.78, 5) is 13.6. The number of aryl methyl sites for hydroxylation is 1. The monoisotopic (exact) mass is 234 g/mol. The SMILES string of the molecule is CCCN(C)C(=O)[C@@H](N)CCc1ccccc1. The second kappa shape index (κ2) is 7.07. The van der Waals surface area contributed by atoms with Gasteiger partial charge in [0.05, 0.1) is 6.04 Å². The van der Waals surface area contributed by atoms with Crippen LogP contribution in [0.15, 0.2) is 30.3 Å².